The summed E-state index contributed by atoms with van der Waals surface area (Å²) in [6, 6.07) is 4.99. The predicted molar refractivity (Wildman–Crippen MR) is 75.9 cm³/mol. The minimum Gasteiger partial charge on any atom is -0.422 e. The van der Waals surface area contributed by atoms with Crippen LogP contribution in [-0.4, -0.2) is 32.6 Å². The highest BCUT2D eigenvalue weighted by Gasteiger charge is 2.21. The number of fused-ring (bicyclic) bond motifs is 1. The largest absolute Gasteiger partial charge is 0.422 e. The number of morpholine rings is 1. The molecule has 1 aromatic carbocycles. The third-order valence-electron chi connectivity index (χ3n) is 3.32. The lowest BCUT2D eigenvalue weighted by molar-refractivity contribution is 0.111. The summed E-state index contributed by atoms with van der Waals surface area (Å²) in [5.74, 6) is 0. The van der Waals surface area contributed by atoms with E-state index in [0.717, 1.165) is 0 Å². The van der Waals surface area contributed by atoms with Gasteiger partial charge in [0.2, 0.25) is 0 Å². The second-order valence-electron chi connectivity index (χ2n) is 4.51. The Bertz CT molecular complexity index is 719. The fourth-order valence-electron chi connectivity index (χ4n) is 2.40. The summed E-state index contributed by atoms with van der Waals surface area (Å²) in [4.78, 5) is 25.2. The molecule has 1 aromatic heterocycles. The van der Waals surface area contributed by atoms with Crippen molar-refractivity contribution in [2.45, 2.75) is 0 Å². The van der Waals surface area contributed by atoms with E-state index in [-0.39, 0.29) is 5.56 Å². The van der Waals surface area contributed by atoms with Crippen LogP contribution < -0.4 is 10.5 Å². The summed E-state index contributed by atoms with van der Waals surface area (Å²) in [5.41, 5.74) is 0.404. The number of hydrogen-bond donors (Lipinski definition) is 0. The number of carbonyl (C=O) groups excluding carboxylic acids is 1. The Morgan fingerprint density at radius 2 is 2.00 bits per heavy atom. The Hall–Kier alpha value is -1.85. The summed E-state index contributed by atoms with van der Waals surface area (Å²) in [6.07, 6.45) is 0.539. The van der Waals surface area contributed by atoms with Crippen molar-refractivity contribution in [3.63, 3.8) is 0 Å². The number of halogens is 1. The Morgan fingerprint density at radius 3 is 2.70 bits per heavy atom. The molecule has 1 aliphatic heterocycles. The molecule has 6 heteroatoms. The van der Waals surface area contributed by atoms with Gasteiger partial charge in [-0.2, -0.15) is 0 Å². The molecule has 0 unspecified atom stereocenters. The third-order valence-corrected chi connectivity index (χ3v) is 3.55. The first kappa shape index (κ1) is 13.1. The molecule has 0 bridgehead atoms. The van der Waals surface area contributed by atoms with E-state index < -0.39 is 5.63 Å². The lowest BCUT2D eigenvalue weighted by Crippen LogP contribution is -2.37. The number of carbonyl (C=O) groups is 1. The van der Waals surface area contributed by atoms with Crippen LogP contribution in [0.3, 0.4) is 0 Å². The Kier molecular flexibility index (Phi) is 3.46. The maximum absolute atomic E-state index is 11.9. The predicted octanol–water partition coefficient (Wildman–Crippen LogP) is 2.10. The minimum absolute atomic E-state index is 0.0293. The van der Waals surface area contributed by atoms with E-state index in [9.17, 15) is 9.59 Å². The lowest BCUT2D eigenvalue weighted by Gasteiger charge is -2.30. The van der Waals surface area contributed by atoms with Crippen molar-refractivity contribution in [1.82, 2.24) is 0 Å². The monoisotopic (exact) mass is 293 g/mol. The van der Waals surface area contributed by atoms with Crippen LogP contribution in [0.15, 0.2) is 27.4 Å². The van der Waals surface area contributed by atoms with Crippen LogP contribution in [0.5, 0.6) is 0 Å². The molecule has 1 saturated heterocycles. The van der Waals surface area contributed by atoms with Crippen molar-refractivity contribution in [2.75, 3.05) is 31.2 Å². The Labute approximate surface area is 119 Å². The zero-order valence-corrected chi connectivity index (χ0v) is 11.4. The second kappa shape index (κ2) is 5.26. The van der Waals surface area contributed by atoms with E-state index >= 15 is 0 Å². The van der Waals surface area contributed by atoms with Gasteiger partial charge in [-0.05, 0) is 18.2 Å². The SMILES string of the molecule is O=Cc1c(N2CCOCC2)c2cc(Cl)ccc2oc1=O. The number of nitrogens with zero attached hydrogens (tertiary/aromatic N) is 1. The van der Waals surface area contributed by atoms with Gasteiger partial charge in [-0.1, -0.05) is 11.6 Å². The van der Waals surface area contributed by atoms with Gasteiger partial charge in [0.25, 0.3) is 0 Å². The third kappa shape index (κ3) is 2.19. The molecule has 0 N–H and O–H groups in total. The molecule has 0 amide bonds. The maximum atomic E-state index is 11.9. The second-order valence-corrected chi connectivity index (χ2v) is 4.95. The first-order valence-corrected chi connectivity index (χ1v) is 6.63. The van der Waals surface area contributed by atoms with Gasteiger partial charge in [0, 0.05) is 23.5 Å². The zero-order valence-electron chi connectivity index (χ0n) is 10.6. The van der Waals surface area contributed by atoms with E-state index in [4.69, 9.17) is 20.8 Å². The van der Waals surface area contributed by atoms with Gasteiger partial charge >= 0.3 is 5.63 Å². The van der Waals surface area contributed by atoms with Crippen molar-refractivity contribution in [3.05, 3.63) is 39.2 Å². The van der Waals surface area contributed by atoms with Gasteiger partial charge < -0.3 is 14.1 Å². The molecule has 5 nitrogen and oxygen atoms in total. The van der Waals surface area contributed by atoms with E-state index in [1.807, 2.05) is 4.90 Å². The topological polar surface area (TPSA) is 59.8 Å². The van der Waals surface area contributed by atoms with Crippen molar-refractivity contribution >= 4 is 34.5 Å². The number of hydrogen-bond acceptors (Lipinski definition) is 5. The molecule has 2 heterocycles. The molecule has 1 aliphatic rings. The highest BCUT2D eigenvalue weighted by molar-refractivity contribution is 6.31. The van der Waals surface area contributed by atoms with Gasteiger partial charge in [0.05, 0.1) is 18.9 Å². The van der Waals surface area contributed by atoms with E-state index in [0.29, 0.717) is 54.3 Å². The van der Waals surface area contributed by atoms with Crippen LogP contribution in [0.1, 0.15) is 10.4 Å². The fourth-order valence-corrected chi connectivity index (χ4v) is 2.58. The highest BCUT2D eigenvalue weighted by atomic mass is 35.5. The maximum Gasteiger partial charge on any atom is 0.349 e. The van der Waals surface area contributed by atoms with Gasteiger partial charge in [0.1, 0.15) is 11.1 Å². The van der Waals surface area contributed by atoms with Crippen LogP contribution >= 0.6 is 11.6 Å². The average Bonchev–Trinajstić information content (AvgIpc) is 2.47. The van der Waals surface area contributed by atoms with Crippen molar-refractivity contribution in [1.29, 1.82) is 0 Å². The van der Waals surface area contributed by atoms with Crippen LogP contribution in [0, 0.1) is 0 Å². The zero-order chi connectivity index (χ0) is 14.1. The highest BCUT2D eigenvalue weighted by Crippen LogP contribution is 2.30. The minimum atomic E-state index is -0.628. The van der Waals surface area contributed by atoms with Crippen LogP contribution in [0.2, 0.25) is 5.02 Å². The van der Waals surface area contributed by atoms with Crippen LogP contribution in [0.4, 0.5) is 5.69 Å². The smallest absolute Gasteiger partial charge is 0.349 e. The van der Waals surface area contributed by atoms with Crippen LogP contribution in [-0.2, 0) is 4.74 Å². The normalized spacial score (nSPS) is 15.6. The van der Waals surface area contributed by atoms with Crippen molar-refractivity contribution < 1.29 is 13.9 Å². The lowest BCUT2D eigenvalue weighted by atomic mass is 10.1. The van der Waals surface area contributed by atoms with Gasteiger partial charge in [-0.25, -0.2) is 4.79 Å². The van der Waals surface area contributed by atoms with Crippen molar-refractivity contribution in [2.24, 2.45) is 0 Å². The molecule has 0 radical (unpaired) electrons. The molecular formula is C14H12ClNO4. The first-order valence-electron chi connectivity index (χ1n) is 6.25. The summed E-state index contributed by atoms with van der Waals surface area (Å²) in [6.45, 7) is 2.35. The number of ether oxygens (including phenoxy) is 1. The van der Waals surface area contributed by atoms with Crippen molar-refractivity contribution in [3.8, 4) is 0 Å². The summed E-state index contributed by atoms with van der Waals surface area (Å²) in [7, 11) is 0. The van der Waals surface area contributed by atoms with Crippen LogP contribution in [0.25, 0.3) is 11.0 Å². The van der Waals surface area contributed by atoms with Gasteiger partial charge in [-0.15, -0.1) is 0 Å². The molecule has 0 atom stereocenters. The number of anilines is 1. The number of benzene rings is 1. The van der Waals surface area contributed by atoms with E-state index in [1.165, 1.54) is 0 Å². The summed E-state index contributed by atoms with van der Waals surface area (Å²) in [5, 5.41) is 1.19. The molecule has 0 saturated carbocycles. The molecule has 3 rings (SSSR count). The molecule has 0 aliphatic carbocycles. The van der Waals surface area contributed by atoms with Gasteiger partial charge in [0.15, 0.2) is 6.29 Å². The average molecular weight is 294 g/mol. The molecular weight excluding hydrogens is 282 g/mol. The van der Waals surface area contributed by atoms with E-state index in [1.54, 1.807) is 18.2 Å². The molecule has 0 spiro atoms. The standard InChI is InChI=1S/C14H12ClNO4/c15-9-1-2-12-10(7-9)13(11(8-17)14(18)20-12)16-3-5-19-6-4-16/h1-2,7-8H,3-6H2. The number of rotatable bonds is 2. The Balaban J connectivity index is 2.31. The number of aldehydes is 1. The van der Waals surface area contributed by atoms with E-state index in [2.05, 4.69) is 0 Å². The summed E-state index contributed by atoms with van der Waals surface area (Å²) >= 11 is 6.01. The molecule has 20 heavy (non-hydrogen) atoms. The first-order chi connectivity index (χ1) is 9.70. The summed E-state index contributed by atoms with van der Waals surface area (Å²) < 4.78 is 10.5. The Morgan fingerprint density at radius 1 is 1.25 bits per heavy atom. The molecule has 1 fully saturated rings. The van der Waals surface area contributed by atoms with Gasteiger partial charge in [-0.3, -0.25) is 4.79 Å². The quantitative estimate of drug-likeness (QED) is 0.627. The fraction of sp³-hybridized carbons (Fsp3) is 0.286. The molecule has 104 valence electrons. The molecule has 2 aromatic rings.